The lowest BCUT2D eigenvalue weighted by Crippen LogP contribution is -1.94. The van der Waals surface area contributed by atoms with Crippen LogP contribution in [0.2, 0.25) is 0 Å². The van der Waals surface area contributed by atoms with E-state index in [-0.39, 0.29) is 11.4 Å². The lowest BCUT2D eigenvalue weighted by atomic mass is 10.3. The van der Waals surface area contributed by atoms with Crippen molar-refractivity contribution in [2.75, 3.05) is 7.11 Å². The molecule has 0 fully saturated rings. The third-order valence-corrected chi connectivity index (χ3v) is 3.17. The normalized spacial score (nSPS) is 10.1. The predicted molar refractivity (Wildman–Crippen MR) is 67.3 cm³/mol. The summed E-state index contributed by atoms with van der Waals surface area (Å²) in [5.74, 6) is 0.469. The Labute approximate surface area is 114 Å². The molecule has 0 aliphatic carbocycles. The van der Waals surface area contributed by atoms with Gasteiger partial charge in [0.1, 0.15) is 5.75 Å². The van der Waals surface area contributed by atoms with E-state index in [0.717, 1.165) is 0 Å². The minimum absolute atomic E-state index is 0.168. The Hall–Kier alpha value is -1.74. The Morgan fingerprint density at radius 2 is 2.22 bits per heavy atom. The van der Waals surface area contributed by atoms with Crippen molar-refractivity contribution < 1.29 is 14.4 Å². The predicted octanol–water partition coefficient (Wildman–Crippen LogP) is 3.01. The van der Waals surface area contributed by atoms with Gasteiger partial charge in [-0.05, 0) is 39.4 Å². The number of hydrogen-bond acceptors (Lipinski definition) is 7. The first kappa shape index (κ1) is 12.7. The minimum atomic E-state index is -0.540. The summed E-state index contributed by atoms with van der Waals surface area (Å²) in [7, 11) is 1.37. The van der Waals surface area contributed by atoms with E-state index in [2.05, 4.69) is 26.1 Å². The Morgan fingerprint density at radius 1 is 1.44 bits per heavy atom. The highest BCUT2D eigenvalue weighted by Gasteiger charge is 2.16. The van der Waals surface area contributed by atoms with Crippen LogP contribution in [0.3, 0.4) is 0 Å². The zero-order valence-corrected chi connectivity index (χ0v) is 11.4. The van der Waals surface area contributed by atoms with Crippen molar-refractivity contribution in [2.24, 2.45) is 0 Å². The van der Waals surface area contributed by atoms with E-state index in [1.165, 1.54) is 30.6 Å². The van der Waals surface area contributed by atoms with Crippen molar-refractivity contribution in [3.63, 3.8) is 0 Å². The second kappa shape index (κ2) is 5.27. The summed E-state index contributed by atoms with van der Waals surface area (Å²) in [5, 5.41) is 18.6. The van der Waals surface area contributed by atoms with Crippen LogP contribution >= 0.6 is 27.3 Å². The van der Waals surface area contributed by atoms with Gasteiger partial charge < -0.3 is 9.47 Å². The van der Waals surface area contributed by atoms with E-state index >= 15 is 0 Å². The number of ether oxygens (including phenoxy) is 2. The summed E-state index contributed by atoms with van der Waals surface area (Å²) >= 11 is 4.32. The van der Waals surface area contributed by atoms with Gasteiger partial charge >= 0.3 is 5.69 Å². The first-order chi connectivity index (χ1) is 8.60. The van der Waals surface area contributed by atoms with Crippen LogP contribution in [0.5, 0.6) is 16.7 Å². The highest BCUT2D eigenvalue weighted by atomic mass is 79.9. The third kappa shape index (κ3) is 2.74. The fraction of sp³-hybridized carbons (Fsp3) is 0.111. The molecule has 2 rings (SSSR count). The zero-order valence-electron chi connectivity index (χ0n) is 8.99. The molecule has 18 heavy (non-hydrogen) atoms. The van der Waals surface area contributed by atoms with E-state index in [1.807, 2.05) is 0 Å². The lowest BCUT2D eigenvalue weighted by molar-refractivity contribution is -0.385. The zero-order chi connectivity index (χ0) is 13.1. The summed E-state index contributed by atoms with van der Waals surface area (Å²) in [6.07, 6.45) is 0. The third-order valence-electron chi connectivity index (χ3n) is 1.93. The fourth-order valence-corrected chi connectivity index (χ4v) is 2.15. The van der Waals surface area contributed by atoms with Gasteiger partial charge in [0, 0.05) is 0 Å². The van der Waals surface area contributed by atoms with Crippen LogP contribution in [0.25, 0.3) is 0 Å². The van der Waals surface area contributed by atoms with Crippen LogP contribution in [0.1, 0.15) is 0 Å². The Balaban J connectivity index is 2.29. The quantitative estimate of drug-likeness (QED) is 0.632. The molecule has 0 aliphatic heterocycles. The molecular formula is C9H6BrN3O4S. The first-order valence-electron chi connectivity index (χ1n) is 4.59. The number of rotatable bonds is 4. The van der Waals surface area contributed by atoms with Crippen molar-refractivity contribution in [3.05, 3.63) is 32.2 Å². The standard InChI is InChI=1S/C9H6BrN3O4S/c1-16-7-3-2-5(4-6(7)13(14)15)17-9-12-11-8(10)18-9/h2-4H,1H3. The van der Waals surface area contributed by atoms with Crippen LogP contribution < -0.4 is 9.47 Å². The Bertz CT molecular complexity index is 589. The maximum absolute atomic E-state index is 10.8. The van der Waals surface area contributed by atoms with E-state index in [1.54, 1.807) is 6.07 Å². The molecule has 0 spiro atoms. The smallest absolute Gasteiger partial charge is 0.314 e. The monoisotopic (exact) mass is 331 g/mol. The van der Waals surface area contributed by atoms with Crippen molar-refractivity contribution >= 4 is 33.0 Å². The second-order valence-corrected chi connectivity index (χ2v) is 5.23. The summed E-state index contributed by atoms with van der Waals surface area (Å²) in [6.45, 7) is 0. The first-order valence-corrected chi connectivity index (χ1v) is 6.20. The molecule has 2 aromatic rings. The van der Waals surface area contributed by atoms with Gasteiger partial charge in [-0.25, -0.2) is 0 Å². The summed E-state index contributed by atoms with van der Waals surface area (Å²) in [4.78, 5) is 10.3. The molecule has 0 N–H and O–H groups in total. The van der Waals surface area contributed by atoms with Crippen molar-refractivity contribution in [1.82, 2.24) is 10.2 Å². The molecule has 0 radical (unpaired) electrons. The molecule has 7 nitrogen and oxygen atoms in total. The van der Waals surface area contributed by atoms with Crippen molar-refractivity contribution in [1.29, 1.82) is 0 Å². The Kier molecular flexibility index (Phi) is 3.72. The van der Waals surface area contributed by atoms with Gasteiger partial charge in [0.05, 0.1) is 18.1 Å². The number of hydrogen-bond donors (Lipinski definition) is 0. The van der Waals surface area contributed by atoms with Gasteiger partial charge in [-0.15, -0.1) is 5.10 Å². The Morgan fingerprint density at radius 3 is 2.78 bits per heavy atom. The number of nitro groups is 1. The molecule has 0 aliphatic rings. The maximum Gasteiger partial charge on any atom is 0.314 e. The molecule has 0 saturated carbocycles. The molecule has 0 unspecified atom stereocenters. The van der Waals surface area contributed by atoms with Gasteiger partial charge in [0.2, 0.25) is 0 Å². The molecule has 94 valence electrons. The number of benzene rings is 1. The van der Waals surface area contributed by atoms with Gasteiger partial charge in [-0.1, -0.05) is 5.10 Å². The topological polar surface area (TPSA) is 87.4 Å². The number of halogens is 1. The fourth-order valence-electron chi connectivity index (χ4n) is 1.21. The summed E-state index contributed by atoms with van der Waals surface area (Å²) < 4.78 is 10.8. The SMILES string of the molecule is COc1ccc(Oc2nnc(Br)s2)cc1[N+](=O)[O-]. The average molecular weight is 332 g/mol. The van der Waals surface area contributed by atoms with Crippen LogP contribution in [0.4, 0.5) is 5.69 Å². The van der Waals surface area contributed by atoms with Gasteiger partial charge in [-0.3, -0.25) is 10.1 Å². The van der Waals surface area contributed by atoms with Gasteiger partial charge in [0.15, 0.2) is 9.67 Å². The minimum Gasteiger partial charge on any atom is -0.490 e. The van der Waals surface area contributed by atoms with Gasteiger partial charge in [-0.2, -0.15) is 0 Å². The van der Waals surface area contributed by atoms with E-state index in [4.69, 9.17) is 9.47 Å². The summed E-state index contributed by atoms with van der Waals surface area (Å²) in [5.41, 5.74) is -0.168. The molecule has 0 amide bonds. The maximum atomic E-state index is 10.8. The van der Waals surface area contributed by atoms with Crippen molar-refractivity contribution in [2.45, 2.75) is 0 Å². The average Bonchev–Trinajstić information content (AvgIpc) is 2.74. The van der Waals surface area contributed by atoms with E-state index in [0.29, 0.717) is 14.9 Å². The van der Waals surface area contributed by atoms with Crippen molar-refractivity contribution in [3.8, 4) is 16.7 Å². The van der Waals surface area contributed by atoms with Crippen LogP contribution in [-0.2, 0) is 0 Å². The van der Waals surface area contributed by atoms with Crippen LogP contribution in [0.15, 0.2) is 22.1 Å². The molecule has 1 aromatic heterocycles. The lowest BCUT2D eigenvalue weighted by Gasteiger charge is -2.04. The molecule has 0 bridgehead atoms. The molecule has 9 heteroatoms. The summed E-state index contributed by atoms with van der Waals surface area (Å²) in [6, 6.07) is 4.29. The van der Waals surface area contributed by atoms with E-state index in [9.17, 15) is 10.1 Å². The number of aromatic nitrogens is 2. The number of methoxy groups -OCH3 is 1. The highest BCUT2D eigenvalue weighted by molar-refractivity contribution is 9.11. The molecule has 0 atom stereocenters. The van der Waals surface area contributed by atoms with Gasteiger partial charge in [0.25, 0.3) is 5.19 Å². The largest absolute Gasteiger partial charge is 0.490 e. The van der Waals surface area contributed by atoms with Crippen LogP contribution in [-0.4, -0.2) is 22.2 Å². The molecule has 1 heterocycles. The molecular weight excluding hydrogens is 326 g/mol. The van der Waals surface area contributed by atoms with Crippen LogP contribution in [0, 0.1) is 10.1 Å². The highest BCUT2D eigenvalue weighted by Crippen LogP contribution is 2.34. The molecule has 1 aromatic carbocycles. The second-order valence-electron chi connectivity index (χ2n) is 3.01. The number of nitro benzene ring substituents is 1. The number of nitrogens with zero attached hydrogens (tertiary/aromatic N) is 3. The van der Waals surface area contributed by atoms with E-state index < -0.39 is 4.92 Å². The molecule has 0 saturated heterocycles.